The molecule has 0 radical (unpaired) electrons. The Labute approximate surface area is 184 Å². The Morgan fingerprint density at radius 3 is 2.26 bits per heavy atom. The number of carbonyl (C=O) groups is 3. The second-order valence-corrected chi connectivity index (χ2v) is 8.37. The number of ether oxygens (including phenoxy) is 1. The lowest BCUT2D eigenvalue weighted by Crippen LogP contribution is -2.55. The van der Waals surface area contributed by atoms with Crippen molar-refractivity contribution in [2.24, 2.45) is 5.92 Å². The molecular weight excluding hydrogens is 414 g/mol. The highest BCUT2D eigenvalue weighted by Crippen LogP contribution is 2.21. The molecule has 0 bridgehead atoms. The van der Waals surface area contributed by atoms with E-state index in [0.717, 1.165) is 10.8 Å². The molecule has 31 heavy (non-hydrogen) atoms. The van der Waals surface area contributed by atoms with Gasteiger partial charge in [0.25, 0.3) is 17.7 Å². The molecule has 3 aromatic rings. The summed E-state index contributed by atoms with van der Waals surface area (Å²) >= 11 is 1.29. The van der Waals surface area contributed by atoms with Crippen molar-refractivity contribution < 1.29 is 19.1 Å². The van der Waals surface area contributed by atoms with Crippen LogP contribution in [-0.4, -0.2) is 29.9 Å². The number of carbonyl (C=O) groups excluding carboxylic acids is 3. The molecule has 3 rings (SSSR count). The Morgan fingerprint density at radius 1 is 0.871 bits per heavy atom. The first-order valence-corrected chi connectivity index (χ1v) is 10.8. The third kappa shape index (κ3) is 5.82. The first-order chi connectivity index (χ1) is 14.8. The Kier molecular flexibility index (Phi) is 7.25. The molecule has 1 aromatic heterocycles. The zero-order valence-electron chi connectivity index (χ0n) is 17.5. The zero-order valence-corrected chi connectivity index (χ0v) is 18.4. The van der Waals surface area contributed by atoms with Crippen LogP contribution in [0.5, 0.6) is 5.75 Å². The summed E-state index contributed by atoms with van der Waals surface area (Å²) in [5.41, 5.74) is 4.75. The Morgan fingerprint density at radius 2 is 1.58 bits per heavy atom. The Bertz CT molecular complexity index is 1070. The maximum absolute atomic E-state index is 12.5. The van der Waals surface area contributed by atoms with Gasteiger partial charge in [-0.2, -0.15) is 0 Å². The van der Waals surface area contributed by atoms with Crippen molar-refractivity contribution in [2.45, 2.75) is 32.9 Å². The van der Waals surface area contributed by atoms with Gasteiger partial charge >= 0.3 is 0 Å². The molecule has 0 aliphatic carbocycles. The molecule has 3 N–H and O–H groups in total. The second kappa shape index (κ2) is 10.1. The molecule has 0 aliphatic heterocycles. The van der Waals surface area contributed by atoms with Crippen LogP contribution in [0.4, 0.5) is 0 Å². The van der Waals surface area contributed by atoms with Gasteiger partial charge in [-0.15, -0.1) is 11.3 Å². The molecular formula is C23H25N3O4S. The molecule has 0 spiro atoms. The van der Waals surface area contributed by atoms with E-state index in [-0.39, 0.29) is 11.8 Å². The van der Waals surface area contributed by atoms with Crippen molar-refractivity contribution in [3.8, 4) is 5.75 Å². The molecule has 0 fully saturated rings. The minimum absolute atomic E-state index is 0.174. The topological polar surface area (TPSA) is 96.5 Å². The highest BCUT2D eigenvalue weighted by atomic mass is 32.1. The fourth-order valence-electron chi connectivity index (χ4n) is 2.96. The molecule has 2 aromatic carbocycles. The summed E-state index contributed by atoms with van der Waals surface area (Å²) < 4.78 is 5.71. The monoisotopic (exact) mass is 439 g/mol. The van der Waals surface area contributed by atoms with Crippen molar-refractivity contribution >= 4 is 39.8 Å². The van der Waals surface area contributed by atoms with Crippen LogP contribution in [0.2, 0.25) is 0 Å². The van der Waals surface area contributed by atoms with Gasteiger partial charge in [-0.05, 0) is 47.2 Å². The zero-order chi connectivity index (χ0) is 22.4. The largest absolute Gasteiger partial charge is 0.481 e. The van der Waals surface area contributed by atoms with Crippen LogP contribution < -0.4 is 20.9 Å². The third-order valence-corrected chi connectivity index (χ3v) is 5.56. The Balaban J connectivity index is 1.54. The number of hydrogen-bond acceptors (Lipinski definition) is 5. The lowest BCUT2D eigenvalue weighted by Gasteiger charge is -2.22. The summed E-state index contributed by atoms with van der Waals surface area (Å²) in [6.45, 7) is 5.22. The second-order valence-electron chi connectivity index (χ2n) is 7.42. The van der Waals surface area contributed by atoms with E-state index in [0.29, 0.717) is 10.6 Å². The maximum Gasteiger partial charge on any atom is 0.279 e. The summed E-state index contributed by atoms with van der Waals surface area (Å²) in [5.74, 6) is -0.967. The maximum atomic E-state index is 12.5. The van der Waals surface area contributed by atoms with E-state index < -0.39 is 24.0 Å². The van der Waals surface area contributed by atoms with Crippen molar-refractivity contribution in [2.75, 3.05) is 0 Å². The van der Waals surface area contributed by atoms with E-state index >= 15 is 0 Å². The Hall–Kier alpha value is -3.39. The van der Waals surface area contributed by atoms with Gasteiger partial charge in [0.05, 0.1) is 4.88 Å². The van der Waals surface area contributed by atoms with Crippen molar-refractivity contribution in [1.82, 2.24) is 16.2 Å². The molecule has 8 heteroatoms. The summed E-state index contributed by atoms with van der Waals surface area (Å²) in [6.07, 6.45) is -0.834. The van der Waals surface area contributed by atoms with E-state index in [9.17, 15) is 14.4 Å². The predicted octanol–water partition coefficient (Wildman–Crippen LogP) is 3.27. The van der Waals surface area contributed by atoms with E-state index in [2.05, 4.69) is 16.2 Å². The smallest absolute Gasteiger partial charge is 0.279 e. The summed E-state index contributed by atoms with van der Waals surface area (Å²) in [6, 6.07) is 16.1. The first kappa shape index (κ1) is 22.3. The SMILES string of the molecule is CC(Oc1ccc2ccccc2c1)C(=O)NNC(=O)C(NC(=O)c1cccs1)C(C)C. The van der Waals surface area contributed by atoms with Crippen LogP contribution in [-0.2, 0) is 9.59 Å². The molecule has 2 unspecified atom stereocenters. The van der Waals surface area contributed by atoms with Gasteiger partial charge in [0.15, 0.2) is 6.10 Å². The van der Waals surface area contributed by atoms with Gasteiger partial charge < -0.3 is 10.1 Å². The van der Waals surface area contributed by atoms with Gasteiger partial charge in [0.1, 0.15) is 11.8 Å². The quantitative estimate of drug-likeness (QED) is 0.492. The van der Waals surface area contributed by atoms with Crippen LogP contribution >= 0.6 is 11.3 Å². The number of amides is 3. The van der Waals surface area contributed by atoms with Gasteiger partial charge in [-0.3, -0.25) is 25.2 Å². The number of nitrogens with one attached hydrogen (secondary N) is 3. The molecule has 1 heterocycles. The first-order valence-electron chi connectivity index (χ1n) is 9.94. The molecule has 3 amide bonds. The lowest BCUT2D eigenvalue weighted by atomic mass is 10.0. The number of benzene rings is 2. The van der Waals surface area contributed by atoms with Crippen molar-refractivity contribution in [3.63, 3.8) is 0 Å². The van der Waals surface area contributed by atoms with Crippen LogP contribution in [0, 0.1) is 5.92 Å². The number of fused-ring (bicyclic) bond motifs is 1. The van der Waals surface area contributed by atoms with Crippen molar-refractivity contribution in [1.29, 1.82) is 0 Å². The highest BCUT2D eigenvalue weighted by Gasteiger charge is 2.26. The predicted molar refractivity (Wildman–Crippen MR) is 121 cm³/mol. The number of hydrogen-bond donors (Lipinski definition) is 3. The van der Waals surface area contributed by atoms with Gasteiger partial charge in [-0.25, -0.2) is 0 Å². The highest BCUT2D eigenvalue weighted by molar-refractivity contribution is 7.12. The van der Waals surface area contributed by atoms with E-state index in [1.165, 1.54) is 11.3 Å². The van der Waals surface area contributed by atoms with Gasteiger partial charge in [0, 0.05) is 0 Å². The lowest BCUT2D eigenvalue weighted by molar-refractivity contribution is -0.133. The number of hydrazine groups is 1. The number of rotatable bonds is 7. The molecule has 0 saturated carbocycles. The van der Waals surface area contributed by atoms with Gasteiger partial charge in [-0.1, -0.05) is 50.2 Å². The average Bonchev–Trinajstić information content (AvgIpc) is 3.30. The fraction of sp³-hybridized carbons (Fsp3) is 0.261. The normalized spacial score (nSPS) is 12.8. The van der Waals surface area contributed by atoms with E-state index in [1.807, 2.05) is 50.2 Å². The summed E-state index contributed by atoms with van der Waals surface area (Å²) in [5, 5.41) is 6.57. The minimum atomic E-state index is -0.834. The van der Waals surface area contributed by atoms with E-state index in [4.69, 9.17) is 4.74 Å². The van der Waals surface area contributed by atoms with Gasteiger partial charge in [0.2, 0.25) is 0 Å². The average molecular weight is 440 g/mol. The summed E-state index contributed by atoms with van der Waals surface area (Å²) in [4.78, 5) is 37.7. The number of thiophene rings is 1. The fourth-order valence-corrected chi connectivity index (χ4v) is 3.58. The van der Waals surface area contributed by atoms with Crippen molar-refractivity contribution in [3.05, 3.63) is 64.9 Å². The van der Waals surface area contributed by atoms with Crippen LogP contribution in [0.3, 0.4) is 0 Å². The molecule has 162 valence electrons. The van der Waals surface area contributed by atoms with Crippen LogP contribution in [0.1, 0.15) is 30.4 Å². The standard InChI is InChI=1S/C23H25N3O4S/c1-14(2)20(24-22(28)19-9-6-12-31-19)23(29)26-25-21(27)15(3)30-18-11-10-16-7-4-5-8-17(16)13-18/h4-15,20H,1-3H3,(H,24,28)(H,25,27)(H,26,29). The molecule has 0 aliphatic rings. The molecule has 2 atom stereocenters. The van der Waals surface area contributed by atoms with E-state index in [1.54, 1.807) is 30.5 Å². The van der Waals surface area contributed by atoms with Crippen LogP contribution in [0.25, 0.3) is 10.8 Å². The third-order valence-electron chi connectivity index (χ3n) is 4.69. The van der Waals surface area contributed by atoms with Crippen LogP contribution in [0.15, 0.2) is 60.0 Å². The minimum Gasteiger partial charge on any atom is -0.481 e. The molecule has 7 nitrogen and oxygen atoms in total. The summed E-state index contributed by atoms with van der Waals surface area (Å²) in [7, 11) is 0. The molecule has 0 saturated heterocycles.